The van der Waals surface area contributed by atoms with E-state index in [1.54, 1.807) is 19.1 Å². The number of carbonyl (C=O) groups excluding carboxylic acids is 2. The molecule has 164 valence electrons. The molecule has 0 aliphatic carbocycles. The lowest BCUT2D eigenvalue weighted by molar-refractivity contribution is -0.147. The van der Waals surface area contributed by atoms with Crippen molar-refractivity contribution >= 4 is 24.5 Å². The summed E-state index contributed by atoms with van der Waals surface area (Å²) in [6.07, 6.45) is 0.971. The zero-order valence-corrected chi connectivity index (χ0v) is 18.0. The summed E-state index contributed by atoms with van der Waals surface area (Å²) in [5.41, 5.74) is 2.58. The first-order chi connectivity index (χ1) is 14.4. The Kier molecular flexibility index (Phi) is 7.88. The molecule has 30 heavy (non-hydrogen) atoms. The fourth-order valence-corrected chi connectivity index (χ4v) is 3.86. The minimum absolute atomic E-state index is 0.128. The van der Waals surface area contributed by atoms with Gasteiger partial charge in [-0.05, 0) is 41.9 Å². The number of ether oxygens (including phenoxy) is 2. The van der Waals surface area contributed by atoms with Gasteiger partial charge in [0.2, 0.25) is 0 Å². The summed E-state index contributed by atoms with van der Waals surface area (Å²) in [6, 6.07) is 2.73. The van der Waals surface area contributed by atoms with E-state index >= 15 is 0 Å². The number of fused-ring (bicyclic) bond motifs is 1. The molecule has 1 unspecified atom stereocenters. The minimum atomic E-state index is -1.03. The summed E-state index contributed by atoms with van der Waals surface area (Å²) in [7, 11) is -1.03. The van der Waals surface area contributed by atoms with Crippen LogP contribution < -0.4 is 10.8 Å². The first kappa shape index (κ1) is 22.7. The quantitative estimate of drug-likeness (QED) is 0.484. The molecule has 1 aromatic rings. The molecule has 2 heterocycles. The van der Waals surface area contributed by atoms with Crippen LogP contribution in [0.3, 0.4) is 0 Å². The maximum Gasteiger partial charge on any atom is 0.492 e. The molecule has 2 aliphatic heterocycles. The van der Waals surface area contributed by atoms with Crippen molar-refractivity contribution in [2.75, 3.05) is 39.5 Å². The van der Waals surface area contributed by atoms with Gasteiger partial charge in [-0.25, -0.2) is 4.79 Å². The summed E-state index contributed by atoms with van der Waals surface area (Å²) in [6.45, 7) is 9.97. The van der Waals surface area contributed by atoms with Crippen LogP contribution in [0.5, 0.6) is 0 Å². The van der Waals surface area contributed by atoms with Gasteiger partial charge in [-0.15, -0.1) is 0 Å². The summed E-state index contributed by atoms with van der Waals surface area (Å²) in [5.74, 6) is -0.932. The summed E-state index contributed by atoms with van der Waals surface area (Å²) in [5, 5.41) is 12.8. The molecule has 2 N–H and O–H groups in total. The Hall–Kier alpha value is -1.94. The van der Waals surface area contributed by atoms with Crippen LogP contribution in [0, 0.1) is 12.8 Å². The van der Waals surface area contributed by atoms with Crippen LogP contribution >= 0.6 is 0 Å². The average Bonchev–Trinajstić information content (AvgIpc) is 2.91. The highest BCUT2D eigenvalue weighted by Gasteiger charge is 2.32. The van der Waals surface area contributed by atoms with Crippen LogP contribution in [0.15, 0.2) is 12.1 Å². The molecular formula is C21H31BN2O6. The number of hydrogen-bond acceptors (Lipinski definition) is 7. The monoisotopic (exact) mass is 418 g/mol. The number of rotatable bonds is 7. The Morgan fingerprint density at radius 3 is 2.87 bits per heavy atom. The van der Waals surface area contributed by atoms with E-state index in [4.69, 9.17) is 14.1 Å². The molecule has 8 nitrogen and oxygen atoms in total. The van der Waals surface area contributed by atoms with Crippen LogP contribution in [0.2, 0.25) is 0 Å². The molecular weight excluding hydrogens is 387 g/mol. The number of carbonyl (C=O) groups is 2. The van der Waals surface area contributed by atoms with Gasteiger partial charge in [0, 0.05) is 31.8 Å². The highest BCUT2D eigenvalue weighted by molar-refractivity contribution is 6.62. The predicted molar refractivity (Wildman–Crippen MR) is 113 cm³/mol. The average molecular weight is 418 g/mol. The van der Waals surface area contributed by atoms with Crippen LogP contribution in [0.1, 0.15) is 41.8 Å². The Morgan fingerprint density at radius 2 is 2.10 bits per heavy atom. The normalized spacial score (nSPS) is 18.1. The zero-order chi connectivity index (χ0) is 21.7. The van der Waals surface area contributed by atoms with Crippen molar-refractivity contribution in [2.45, 2.75) is 39.8 Å². The molecule has 0 bridgehead atoms. The van der Waals surface area contributed by atoms with Crippen LogP contribution in [0.4, 0.5) is 0 Å². The van der Waals surface area contributed by atoms with Crippen LogP contribution in [0.25, 0.3) is 0 Å². The van der Waals surface area contributed by atoms with E-state index in [0.717, 1.165) is 31.7 Å². The third kappa shape index (κ3) is 5.40. The van der Waals surface area contributed by atoms with E-state index in [0.29, 0.717) is 36.3 Å². The Labute approximate surface area is 178 Å². The Morgan fingerprint density at radius 1 is 1.30 bits per heavy atom. The van der Waals surface area contributed by atoms with E-state index in [2.05, 4.69) is 10.2 Å². The second-order valence-corrected chi connectivity index (χ2v) is 8.14. The number of benzene rings is 1. The van der Waals surface area contributed by atoms with Gasteiger partial charge in [-0.2, -0.15) is 0 Å². The largest absolute Gasteiger partial charge is 0.492 e. The van der Waals surface area contributed by atoms with Gasteiger partial charge in [0.15, 0.2) is 0 Å². The standard InChI is InChI=1S/C21H31BN2O6/c1-14(2)19(21(26)29-12-9-24-7-4-10-28-11-8-24)23-20(25)17-6-5-16-13-30-22(27)18(16)15(17)3/h5-6,14,19,27H,4,7-13H2,1-3H3,(H,23,25). The maximum atomic E-state index is 12.9. The third-order valence-corrected chi connectivity index (χ3v) is 5.67. The lowest BCUT2D eigenvalue weighted by Crippen LogP contribution is -2.46. The summed E-state index contributed by atoms with van der Waals surface area (Å²) < 4.78 is 16.1. The number of esters is 1. The van der Waals surface area contributed by atoms with Gasteiger partial charge in [0.25, 0.3) is 5.91 Å². The van der Waals surface area contributed by atoms with Crippen molar-refractivity contribution < 1.29 is 28.7 Å². The fourth-order valence-electron chi connectivity index (χ4n) is 3.86. The molecule has 1 aromatic carbocycles. The van der Waals surface area contributed by atoms with Gasteiger partial charge in [-0.1, -0.05) is 19.9 Å². The summed E-state index contributed by atoms with van der Waals surface area (Å²) >= 11 is 0. The predicted octanol–water partition coefficient (Wildman–Crippen LogP) is 0.233. The van der Waals surface area contributed by atoms with Crippen molar-refractivity contribution in [2.24, 2.45) is 5.92 Å². The molecule has 1 fully saturated rings. The fraction of sp³-hybridized carbons (Fsp3) is 0.619. The van der Waals surface area contributed by atoms with Gasteiger partial charge in [0.1, 0.15) is 12.6 Å². The molecule has 1 amide bonds. The Bertz CT molecular complexity index is 764. The topological polar surface area (TPSA) is 97.3 Å². The van der Waals surface area contributed by atoms with Gasteiger partial charge >= 0.3 is 13.1 Å². The number of nitrogens with one attached hydrogen (secondary N) is 1. The van der Waals surface area contributed by atoms with Crippen molar-refractivity contribution in [1.29, 1.82) is 0 Å². The van der Waals surface area contributed by atoms with E-state index in [9.17, 15) is 14.6 Å². The van der Waals surface area contributed by atoms with Crippen LogP contribution in [-0.4, -0.2) is 74.4 Å². The minimum Gasteiger partial charge on any atom is -0.463 e. The number of hydrogen-bond donors (Lipinski definition) is 2. The van der Waals surface area contributed by atoms with Gasteiger partial charge in [-0.3, -0.25) is 9.69 Å². The van der Waals surface area contributed by atoms with Crippen molar-refractivity contribution in [1.82, 2.24) is 10.2 Å². The van der Waals surface area contributed by atoms with E-state index < -0.39 is 19.1 Å². The SMILES string of the molecule is Cc1c(C(=O)NC(C(=O)OCCN2CCCOCC2)C(C)C)ccc2c1B(O)OC2. The van der Waals surface area contributed by atoms with Crippen molar-refractivity contribution in [3.05, 3.63) is 28.8 Å². The molecule has 3 rings (SSSR count). The smallest absolute Gasteiger partial charge is 0.463 e. The number of amides is 1. The zero-order valence-electron chi connectivity index (χ0n) is 18.0. The first-order valence-electron chi connectivity index (χ1n) is 10.6. The molecule has 0 spiro atoms. The maximum absolute atomic E-state index is 12.9. The first-order valence-corrected chi connectivity index (χ1v) is 10.6. The summed E-state index contributed by atoms with van der Waals surface area (Å²) in [4.78, 5) is 27.7. The molecule has 0 saturated carbocycles. The van der Waals surface area contributed by atoms with E-state index in [-0.39, 0.29) is 18.4 Å². The van der Waals surface area contributed by atoms with Gasteiger partial charge in [0.05, 0.1) is 13.2 Å². The van der Waals surface area contributed by atoms with Crippen molar-refractivity contribution in [3.63, 3.8) is 0 Å². The lowest BCUT2D eigenvalue weighted by Gasteiger charge is -2.23. The molecule has 0 aromatic heterocycles. The van der Waals surface area contributed by atoms with Crippen molar-refractivity contribution in [3.8, 4) is 0 Å². The van der Waals surface area contributed by atoms with E-state index in [1.807, 2.05) is 13.8 Å². The highest BCUT2D eigenvalue weighted by atomic mass is 16.5. The van der Waals surface area contributed by atoms with Gasteiger partial charge < -0.3 is 24.5 Å². The Balaban J connectivity index is 1.59. The molecule has 9 heteroatoms. The lowest BCUT2D eigenvalue weighted by atomic mass is 9.75. The second-order valence-electron chi connectivity index (χ2n) is 8.14. The van der Waals surface area contributed by atoms with E-state index in [1.165, 1.54) is 0 Å². The van der Waals surface area contributed by atoms with Crippen LogP contribution in [-0.2, 0) is 25.5 Å². The molecule has 0 radical (unpaired) electrons. The second kappa shape index (κ2) is 10.4. The highest BCUT2D eigenvalue weighted by Crippen LogP contribution is 2.17. The molecule has 1 atom stereocenters. The molecule has 2 aliphatic rings. The third-order valence-electron chi connectivity index (χ3n) is 5.67. The number of nitrogens with zero attached hydrogens (tertiary/aromatic N) is 1. The molecule has 1 saturated heterocycles.